The molecular formula is C13H15BrO3. The summed E-state index contributed by atoms with van der Waals surface area (Å²) in [7, 11) is 1.35. The molecule has 0 aliphatic rings. The van der Waals surface area contributed by atoms with E-state index in [0.29, 0.717) is 18.4 Å². The number of rotatable bonds is 6. The van der Waals surface area contributed by atoms with Crippen molar-refractivity contribution in [1.82, 2.24) is 0 Å². The Morgan fingerprint density at radius 3 is 2.65 bits per heavy atom. The molecule has 1 aromatic carbocycles. The Balaban J connectivity index is 2.33. The summed E-state index contributed by atoms with van der Waals surface area (Å²) in [5, 5.41) is -0.147. The van der Waals surface area contributed by atoms with Crippen LogP contribution in [0, 0.1) is 0 Å². The molecule has 17 heavy (non-hydrogen) atoms. The molecule has 0 fully saturated rings. The highest BCUT2D eigenvalue weighted by molar-refractivity contribution is 9.09. The molecule has 0 spiro atoms. The summed E-state index contributed by atoms with van der Waals surface area (Å²) in [6.45, 7) is 3.65. The van der Waals surface area contributed by atoms with Crippen LogP contribution in [0.1, 0.15) is 12.8 Å². The number of ether oxygens (including phenoxy) is 2. The molecule has 0 heterocycles. The van der Waals surface area contributed by atoms with Gasteiger partial charge in [0.2, 0.25) is 0 Å². The van der Waals surface area contributed by atoms with Crippen molar-refractivity contribution < 1.29 is 14.3 Å². The molecule has 0 aromatic heterocycles. The van der Waals surface area contributed by atoms with E-state index in [0.717, 1.165) is 5.75 Å². The SMILES string of the molecule is C=C(CCC(Br)Oc1ccccc1)C(=O)OC. The van der Waals surface area contributed by atoms with E-state index in [9.17, 15) is 4.79 Å². The molecule has 1 unspecified atom stereocenters. The van der Waals surface area contributed by atoms with Gasteiger partial charge in [-0.25, -0.2) is 4.79 Å². The van der Waals surface area contributed by atoms with E-state index in [1.54, 1.807) is 0 Å². The molecular weight excluding hydrogens is 284 g/mol. The van der Waals surface area contributed by atoms with E-state index in [4.69, 9.17) is 4.74 Å². The van der Waals surface area contributed by atoms with Crippen LogP contribution in [-0.2, 0) is 9.53 Å². The van der Waals surface area contributed by atoms with Gasteiger partial charge in [-0.2, -0.15) is 0 Å². The lowest BCUT2D eigenvalue weighted by atomic mass is 10.2. The Hall–Kier alpha value is -1.29. The van der Waals surface area contributed by atoms with Crippen molar-refractivity contribution >= 4 is 21.9 Å². The fraction of sp³-hybridized carbons (Fsp3) is 0.308. The van der Waals surface area contributed by atoms with Crippen LogP contribution in [0.15, 0.2) is 42.5 Å². The highest BCUT2D eigenvalue weighted by atomic mass is 79.9. The highest BCUT2D eigenvalue weighted by Crippen LogP contribution is 2.18. The minimum Gasteiger partial charge on any atom is -0.479 e. The van der Waals surface area contributed by atoms with Crippen LogP contribution in [-0.4, -0.2) is 18.1 Å². The Morgan fingerprint density at radius 1 is 1.41 bits per heavy atom. The molecule has 1 rings (SSSR count). The van der Waals surface area contributed by atoms with Crippen molar-refractivity contribution in [3.8, 4) is 5.75 Å². The van der Waals surface area contributed by atoms with Gasteiger partial charge >= 0.3 is 5.97 Å². The summed E-state index contributed by atoms with van der Waals surface area (Å²) in [6, 6.07) is 9.49. The average molecular weight is 299 g/mol. The number of alkyl halides is 1. The topological polar surface area (TPSA) is 35.5 Å². The summed E-state index contributed by atoms with van der Waals surface area (Å²) in [5.74, 6) is 0.419. The Morgan fingerprint density at radius 2 is 2.06 bits per heavy atom. The van der Waals surface area contributed by atoms with E-state index in [1.165, 1.54) is 7.11 Å². The molecule has 0 bridgehead atoms. The Bertz CT molecular complexity index is 376. The van der Waals surface area contributed by atoms with Gasteiger partial charge in [0.15, 0.2) is 5.01 Å². The molecule has 0 saturated carbocycles. The zero-order chi connectivity index (χ0) is 12.7. The standard InChI is InChI=1S/C13H15BrO3/c1-10(13(15)16-2)8-9-12(14)17-11-6-4-3-5-7-11/h3-7,12H,1,8-9H2,2H3. The lowest BCUT2D eigenvalue weighted by Crippen LogP contribution is -2.11. The molecule has 0 radical (unpaired) electrons. The van der Waals surface area contributed by atoms with Crippen LogP contribution in [0.5, 0.6) is 5.75 Å². The lowest BCUT2D eigenvalue weighted by Gasteiger charge is -2.13. The smallest absolute Gasteiger partial charge is 0.333 e. The van der Waals surface area contributed by atoms with Crippen molar-refractivity contribution in [3.05, 3.63) is 42.5 Å². The first kappa shape index (κ1) is 13.8. The number of carbonyl (C=O) groups is 1. The molecule has 1 aromatic rings. The number of esters is 1. The number of hydrogen-bond acceptors (Lipinski definition) is 3. The number of benzene rings is 1. The largest absolute Gasteiger partial charge is 0.479 e. The predicted octanol–water partition coefficient (Wildman–Crippen LogP) is 3.30. The summed E-state index contributed by atoms with van der Waals surface area (Å²) in [4.78, 5) is 11.1. The van der Waals surface area contributed by atoms with E-state index in [2.05, 4.69) is 27.2 Å². The van der Waals surface area contributed by atoms with E-state index >= 15 is 0 Å². The maximum atomic E-state index is 11.1. The number of halogens is 1. The fourth-order valence-corrected chi connectivity index (χ4v) is 1.68. The number of para-hydroxylation sites is 1. The average Bonchev–Trinajstić information content (AvgIpc) is 2.36. The molecule has 0 aliphatic heterocycles. The summed E-state index contributed by atoms with van der Waals surface area (Å²) in [6.07, 6.45) is 1.19. The van der Waals surface area contributed by atoms with Gasteiger partial charge in [-0.3, -0.25) is 0 Å². The zero-order valence-corrected chi connectivity index (χ0v) is 11.3. The highest BCUT2D eigenvalue weighted by Gasteiger charge is 2.11. The number of carbonyl (C=O) groups excluding carboxylic acids is 1. The molecule has 0 amide bonds. The minimum absolute atomic E-state index is 0.147. The van der Waals surface area contributed by atoms with Crippen LogP contribution >= 0.6 is 15.9 Å². The quantitative estimate of drug-likeness (QED) is 0.459. The lowest BCUT2D eigenvalue weighted by molar-refractivity contribution is -0.136. The van der Waals surface area contributed by atoms with E-state index in [-0.39, 0.29) is 11.0 Å². The summed E-state index contributed by atoms with van der Waals surface area (Å²) < 4.78 is 10.2. The van der Waals surface area contributed by atoms with Crippen molar-refractivity contribution in [3.63, 3.8) is 0 Å². The first-order valence-electron chi connectivity index (χ1n) is 5.25. The number of hydrogen-bond donors (Lipinski definition) is 0. The van der Waals surface area contributed by atoms with Crippen LogP contribution in [0.4, 0.5) is 0 Å². The maximum Gasteiger partial charge on any atom is 0.333 e. The molecule has 92 valence electrons. The number of methoxy groups -OCH3 is 1. The van der Waals surface area contributed by atoms with Crippen molar-refractivity contribution in [2.45, 2.75) is 17.9 Å². The van der Waals surface area contributed by atoms with Gasteiger partial charge in [-0.15, -0.1) is 0 Å². The second-order valence-corrected chi connectivity index (χ2v) is 4.50. The monoisotopic (exact) mass is 298 g/mol. The Kier molecular flexibility index (Phi) is 5.77. The molecule has 1 atom stereocenters. The molecule has 3 nitrogen and oxygen atoms in total. The van der Waals surface area contributed by atoms with Crippen LogP contribution in [0.2, 0.25) is 0 Å². The van der Waals surface area contributed by atoms with Gasteiger partial charge in [-0.1, -0.05) is 24.8 Å². The Labute approximate surface area is 110 Å². The third-order valence-electron chi connectivity index (χ3n) is 2.15. The van der Waals surface area contributed by atoms with Gasteiger partial charge in [0.05, 0.1) is 7.11 Å². The first-order valence-corrected chi connectivity index (χ1v) is 6.17. The summed E-state index contributed by atoms with van der Waals surface area (Å²) >= 11 is 3.40. The van der Waals surface area contributed by atoms with Gasteiger partial charge in [0.25, 0.3) is 0 Å². The second kappa shape index (κ2) is 7.12. The van der Waals surface area contributed by atoms with Gasteiger partial charge in [0.1, 0.15) is 5.75 Å². The predicted molar refractivity (Wildman–Crippen MR) is 70.2 cm³/mol. The summed E-state index contributed by atoms with van der Waals surface area (Å²) in [5.41, 5.74) is 0.452. The third kappa shape index (κ3) is 5.04. The maximum absolute atomic E-state index is 11.1. The van der Waals surface area contributed by atoms with E-state index < -0.39 is 0 Å². The molecule has 4 heteroatoms. The second-order valence-electron chi connectivity index (χ2n) is 3.47. The fourth-order valence-electron chi connectivity index (χ4n) is 1.24. The minimum atomic E-state index is -0.371. The van der Waals surface area contributed by atoms with Crippen molar-refractivity contribution in [2.75, 3.05) is 7.11 Å². The van der Waals surface area contributed by atoms with Crippen LogP contribution < -0.4 is 4.74 Å². The normalized spacial score (nSPS) is 11.6. The zero-order valence-electron chi connectivity index (χ0n) is 9.69. The van der Waals surface area contributed by atoms with Crippen LogP contribution in [0.3, 0.4) is 0 Å². The van der Waals surface area contributed by atoms with Crippen LogP contribution in [0.25, 0.3) is 0 Å². The first-order chi connectivity index (χ1) is 8.13. The molecule has 0 saturated heterocycles. The van der Waals surface area contributed by atoms with Gasteiger partial charge in [-0.05, 0) is 40.9 Å². The molecule has 0 aliphatic carbocycles. The van der Waals surface area contributed by atoms with Gasteiger partial charge in [0, 0.05) is 5.57 Å². The van der Waals surface area contributed by atoms with Crippen molar-refractivity contribution in [1.29, 1.82) is 0 Å². The van der Waals surface area contributed by atoms with Gasteiger partial charge < -0.3 is 9.47 Å². The molecule has 0 N–H and O–H groups in total. The third-order valence-corrected chi connectivity index (χ3v) is 2.80. The van der Waals surface area contributed by atoms with Crippen molar-refractivity contribution in [2.24, 2.45) is 0 Å². The van der Waals surface area contributed by atoms with E-state index in [1.807, 2.05) is 30.3 Å².